The van der Waals surface area contributed by atoms with Gasteiger partial charge in [-0.15, -0.1) is 0 Å². The molecule has 1 aliphatic rings. The minimum atomic E-state index is -0.755. The molecule has 1 aliphatic heterocycles. The summed E-state index contributed by atoms with van der Waals surface area (Å²) >= 11 is 0. The third kappa shape index (κ3) is 2.09. The highest BCUT2D eigenvalue weighted by molar-refractivity contribution is 5.73. The van der Waals surface area contributed by atoms with Gasteiger partial charge in [-0.1, -0.05) is 19.1 Å². The fourth-order valence-corrected chi connectivity index (χ4v) is 2.33. The molecule has 1 fully saturated rings. The Morgan fingerprint density at radius 2 is 2.18 bits per heavy atom. The molecular weight excluding hydrogens is 216 g/mol. The summed E-state index contributed by atoms with van der Waals surface area (Å²) in [5, 5.41) is 18.1. The molecule has 0 amide bonds. The summed E-state index contributed by atoms with van der Waals surface area (Å²) in [6, 6.07) is 9.46. The average Bonchev–Trinajstić information content (AvgIpc) is 2.71. The Kier molecular flexibility index (Phi) is 3.01. The molecule has 1 saturated heterocycles. The Bertz CT molecular complexity index is 479. The Morgan fingerprint density at radius 1 is 1.47 bits per heavy atom. The van der Waals surface area contributed by atoms with Gasteiger partial charge in [0.25, 0.3) is 0 Å². The molecule has 1 aromatic rings. The van der Waals surface area contributed by atoms with Crippen LogP contribution in [-0.4, -0.2) is 24.2 Å². The van der Waals surface area contributed by atoms with Crippen molar-refractivity contribution in [2.45, 2.75) is 6.92 Å². The Balaban J connectivity index is 2.26. The molecule has 88 valence electrons. The van der Waals surface area contributed by atoms with E-state index in [0.29, 0.717) is 18.7 Å². The van der Waals surface area contributed by atoms with E-state index in [1.165, 1.54) is 0 Å². The van der Waals surface area contributed by atoms with Gasteiger partial charge in [0.1, 0.15) is 6.07 Å². The van der Waals surface area contributed by atoms with Crippen LogP contribution in [0.5, 0.6) is 0 Å². The number of para-hydroxylation sites is 1. The van der Waals surface area contributed by atoms with Crippen molar-refractivity contribution in [3.05, 3.63) is 29.8 Å². The molecule has 1 heterocycles. The molecule has 2 atom stereocenters. The van der Waals surface area contributed by atoms with Crippen LogP contribution in [0.3, 0.4) is 0 Å². The molecule has 0 aromatic heterocycles. The molecule has 4 heteroatoms. The number of aliphatic carboxylic acids is 1. The van der Waals surface area contributed by atoms with E-state index in [1.807, 2.05) is 30.0 Å². The molecule has 0 spiro atoms. The maximum atomic E-state index is 11.1. The van der Waals surface area contributed by atoms with E-state index in [2.05, 4.69) is 6.07 Å². The van der Waals surface area contributed by atoms with E-state index >= 15 is 0 Å². The van der Waals surface area contributed by atoms with Gasteiger partial charge in [-0.2, -0.15) is 5.26 Å². The predicted molar refractivity (Wildman–Crippen MR) is 63.7 cm³/mol. The van der Waals surface area contributed by atoms with Crippen LogP contribution in [0.4, 0.5) is 5.69 Å². The fraction of sp³-hybridized carbons (Fsp3) is 0.385. The van der Waals surface area contributed by atoms with E-state index in [0.717, 1.165) is 5.69 Å². The van der Waals surface area contributed by atoms with Crippen molar-refractivity contribution < 1.29 is 9.90 Å². The summed E-state index contributed by atoms with van der Waals surface area (Å²) in [6.45, 7) is 3.11. The van der Waals surface area contributed by atoms with Crippen molar-refractivity contribution in [1.82, 2.24) is 0 Å². The number of benzene rings is 1. The minimum Gasteiger partial charge on any atom is -0.481 e. The number of carbonyl (C=O) groups is 1. The highest BCUT2D eigenvalue weighted by atomic mass is 16.4. The summed E-state index contributed by atoms with van der Waals surface area (Å²) in [6.07, 6.45) is 0. The van der Waals surface area contributed by atoms with Crippen LogP contribution in [-0.2, 0) is 4.79 Å². The first-order valence-electron chi connectivity index (χ1n) is 5.60. The lowest BCUT2D eigenvalue weighted by Gasteiger charge is -2.19. The van der Waals surface area contributed by atoms with Crippen LogP contribution in [0.1, 0.15) is 12.5 Å². The van der Waals surface area contributed by atoms with E-state index in [1.54, 1.807) is 6.07 Å². The standard InChI is InChI=1S/C13H14N2O2/c1-9-7-15(8-11(9)13(16)17)12-5-3-2-4-10(12)6-14/h2-5,9,11H,7-8H2,1H3,(H,16,17). The lowest BCUT2D eigenvalue weighted by molar-refractivity contribution is -0.142. The largest absolute Gasteiger partial charge is 0.481 e. The van der Waals surface area contributed by atoms with Crippen LogP contribution in [0.25, 0.3) is 0 Å². The van der Waals surface area contributed by atoms with Crippen LogP contribution < -0.4 is 4.90 Å². The van der Waals surface area contributed by atoms with E-state index < -0.39 is 5.97 Å². The van der Waals surface area contributed by atoms with Gasteiger partial charge in [0.2, 0.25) is 0 Å². The maximum absolute atomic E-state index is 11.1. The number of hydrogen-bond acceptors (Lipinski definition) is 3. The van der Waals surface area contributed by atoms with Gasteiger partial charge in [0.05, 0.1) is 17.2 Å². The van der Waals surface area contributed by atoms with Crippen LogP contribution >= 0.6 is 0 Å². The third-order valence-electron chi connectivity index (χ3n) is 3.29. The second-order valence-electron chi connectivity index (χ2n) is 4.46. The zero-order valence-electron chi connectivity index (χ0n) is 9.63. The molecule has 0 saturated carbocycles. The molecular formula is C13H14N2O2. The van der Waals surface area contributed by atoms with Gasteiger partial charge in [0.15, 0.2) is 0 Å². The molecule has 17 heavy (non-hydrogen) atoms. The maximum Gasteiger partial charge on any atom is 0.308 e. The van der Waals surface area contributed by atoms with Gasteiger partial charge in [-0.05, 0) is 18.1 Å². The van der Waals surface area contributed by atoms with Gasteiger partial charge >= 0.3 is 5.97 Å². The van der Waals surface area contributed by atoms with E-state index in [4.69, 9.17) is 10.4 Å². The lowest BCUT2D eigenvalue weighted by Crippen LogP contribution is -2.23. The van der Waals surface area contributed by atoms with Crippen molar-refractivity contribution in [2.24, 2.45) is 11.8 Å². The summed E-state index contributed by atoms with van der Waals surface area (Å²) in [7, 11) is 0. The molecule has 0 aliphatic carbocycles. The van der Waals surface area contributed by atoms with Crippen LogP contribution in [0.15, 0.2) is 24.3 Å². The van der Waals surface area contributed by atoms with E-state index in [9.17, 15) is 4.79 Å². The van der Waals surface area contributed by atoms with E-state index in [-0.39, 0.29) is 11.8 Å². The van der Waals surface area contributed by atoms with Crippen molar-refractivity contribution in [3.8, 4) is 6.07 Å². The number of anilines is 1. The highest BCUT2D eigenvalue weighted by Gasteiger charge is 2.35. The number of rotatable bonds is 2. The zero-order chi connectivity index (χ0) is 12.4. The first-order valence-corrected chi connectivity index (χ1v) is 5.60. The summed E-state index contributed by atoms with van der Waals surface area (Å²) in [5.41, 5.74) is 1.44. The molecule has 0 radical (unpaired) electrons. The Morgan fingerprint density at radius 3 is 2.76 bits per heavy atom. The average molecular weight is 230 g/mol. The molecule has 2 rings (SSSR count). The lowest BCUT2D eigenvalue weighted by atomic mass is 9.99. The zero-order valence-corrected chi connectivity index (χ0v) is 9.63. The smallest absolute Gasteiger partial charge is 0.308 e. The fourth-order valence-electron chi connectivity index (χ4n) is 2.33. The first kappa shape index (κ1) is 11.5. The van der Waals surface area contributed by atoms with Gasteiger partial charge < -0.3 is 10.0 Å². The normalized spacial score (nSPS) is 23.4. The number of hydrogen-bond donors (Lipinski definition) is 1. The van der Waals surface area contributed by atoms with Crippen LogP contribution in [0, 0.1) is 23.2 Å². The molecule has 0 bridgehead atoms. The number of carboxylic acids is 1. The number of carboxylic acid groups (broad SMARTS) is 1. The second-order valence-corrected chi connectivity index (χ2v) is 4.46. The minimum absolute atomic E-state index is 0.110. The molecule has 4 nitrogen and oxygen atoms in total. The van der Waals surface area contributed by atoms with Gasteiger partial charge in [0, 0.05) is 13.1 Å². The Labute approximate surface area is 100 Å². The topological polar surface area (TPSA) is 64.3 Å². The Hall–Kier alpha value is -2.02. The van der Waals surface area contributed by atoms with Crippen molar-refractivity contribution in [3.63, 3.8) is 0 Å². The monoisotopic (exact) mass is 230 g/mol. The van der Waals surface area contributed by atoms with Gasteiger partial charge in [-0.3, -0.25) is 4.79 Å². The SMILES string of the molecule is CC1CN(c2ccccc2C#N)CC1C(=O)O. The first-order chi connectivity index (χ1) is 8.13. The highest BCUT2D eigenvalue weighted by Crippen LogP contribution is 2.30. The van der Waals surface area contributed by atoms with Crippen molar-refractivity contribution in [2.75, 3.05) is 18.0 Å². The van der Waals surface area contributed by atoms with Crippen LogP contribution in [0.2, 0.25) is 0 Å². The van der Waals surface area contributed by atoms with Crippen molar-refractivity contribution in [1.29, 1.82) is 5.26 Å². The molecule has 1 aromatic carbocycles. The third-order valence-corrected chi connectivity index (χ3v) is 3.29. The number of nitrogens with zero attached hydrogens (tertiary/aromatic N) is 2. The quantitative estimate of drug-likeness (QED) is 0.840. The molecule has 2 unspecified atom stereocenters. The summed E-state index contributed by atoms with van der Waals surface area (Å²) in [5.74, 6) is -0.990. The predicted octanol–water partition coefficient (Wildman–Crippen LogP) is 1.72. The molecule has 1 N–H and O–H groups in total. The van der Waals surface area contributed by atoms with Gasteiger partial charge in [-0.25, -0.2) is 0 Å². The number of nitriles is 1. The summed E-state index contributed by atoms with van der Waals surface area (Å²) in [4.78, 5) is 13.0. The van der Waals surface area contributed by atoms with Crippen molar-refractivity contribution >= 4 is 11.7 Å². The second kappa shape index (κ2) is 4.46. The summed E-state index contributed by atoms with van der Waals surface area (Å²) < 4.78 is 0.